The zero-order valence-corrected chi connectivity index (χ0v) is 9.66. The van der Waals surface area contributed by atoms with Crippen molar-refractivity contribution in [3.8, 4) is 0 Å². The quantitative estimate of drug-likeness (QED) is 0.816. The number of fused-ring (bicyclic) bond motifs is 1. The molecule has 90 valence electrons. The molecule has 1 aromatic carbocycles. The first kappa shape index (κ1) is 10.5. The number of nitrogens with one attached hydrogen (secondary N) is 1. The molecule has 4 nitrogen and oxygen atoms in total. The molecule has 1 aromatic heterocycles. The van der Waals surface area contributed by atoms with E-state index in [9.17, 15) is 4.39 Å². The summed E-state index contributed by atoms with van der Waals surface area (Å²) in [6.45, 7) is 5.16. The number of nitrogens with zero attached hydrogens (tertiary/aromatic N) is 2. The number of rotatable bonds is 1. The van der Waals surface area contributed by atoms with E-state index >= 15 is 0 Å². The van der Waals surface area contributed by atoms with Crippen LogP contribution in [0.2, 0.25) is 0 Å². The van der Waals surface area contributed by atoms with Crippen LogP contribution in [0, 0.1) is 12.7 Å². The van der Waals surface area contributed by atoms with Gasteiger partial charge in [0, 0.05) is 45.2 Å². The van der Waals surface area contributed by atoms with Gasteiger partial charge in [0.05, 0.1) is 5.69 Å². The molecule has 3 rings (SSSR count). The molecular formula is C12H14FN3O. The average molecular weight is 235 g/mol. The minimum Gasteiger partial charge on any atom is -0.441 e. The van der Waals surface area contributed by atoms with E-state index in [1.54, 1.807) is 13.0 Å². The van der Waals surface area contributed by atoms with Crippen molar-refractivity contribution in [3.05, 3.63) is 23.8 Å². The topological polar surface area (TPSA) is 41.3 Å². The van der Waals surface area contributed by atoms with E-state index in [0.29, 0.717) is 22.7 Å². The first-order valence-electron chi connectivity index (χ1n) is 5.76. The smallest absolute Gasteiger partial charge is 0.192 e. The zero-order valence-electron chi connectivity index (χ0n) is 9.66. The van der Waals surface area contributed by atoms with Crippen molar-refractivity contribution in [2.24, 2.45) is 0 Å². The van der Waals surface area contributed by atoms with Gasteiger partial charge in [0.25, 0.3) is 0 Å². The summed E-state index contributed by atoms with van der Waals surface area (Å²) in [5.41, 5.74) is 1.84. The molecular weight excluding hydrogens is 221 g/mol. The molecule has 0 spiro atoms. The van der Waals surface area contributed by atoms with Crippen molar-refractivity contribution < 1.29 is 8.81 Å². The molecule has 0 radical (unpaired) electrons. The highest BCUT2D eigenvalue weighted by Gasteiger charge is 2.17. The van der Waals surface area contributed by atoms with Crippen LogP contribution >= 0.6 is 0 Å². The maximum atomic E-state index is 14.0. The van der Waals surface area contributed by atoms with Crippen LogP contribution in [0.25, 0.3) is 11.1 Å². The Labute approximate surface area is 98.4 Å². The minimum absolute atomic E-state index is 0.229. The lowest BCUT2D eigenvalue weighted by molar-refractivity contribution is 0.555. The number of anilines is 1. The number of piperazine rings is 1. The van der Waals surface area contributed by atoms with Crippen molar-refractivity contribution >= 4 is 16.8 Å². The number of hydrogen-bond acceptors (Lipinski definition) is 4. The van der Waals surface area contributed by atoms with Crippen LogP contribution in [0.1, 0.15) is 5.89 Å². The Kier molecular flexibility index (Phi) is 2.48. The van der Waals surface area contributed by atoms with E-state index in [0.717, 1.165) is 26.2 Å². The molecule has 1 fully saturated rings. The Balaban J connectivity index is 2.05. The molecule has 0 unspecified atom stereocenters. The van der Waals surface area contributed by atoms with Gasteiger partial charge < -0.3 is 14.6 Å². The molecule has 0 amide bonds. The Morgan fingerprint density at radius 3 is 2.88 bits per heavy atom. The molecule has 0 atom stereocenters. The highest BCUT2D eigenvalue weighted by Crippen LogP contribution is 2.26. The summed E-state index contributed by atoms with van der Waals surface area (Å²) < 4.78 is 19.4. The average Bonchev–Trinajstić information content (AvgIpc) is 2.68. The van der Waals surface area contributed by atoms with E-state index in [4.69, 9.17) is 4.42 Å². The maximum Gasteiger partial charge on any atom is 0.192 e. The summed E-state index contributed by atoms with van der Waals surface area (Å²) in [4.78, 5) is 6.15. The Hall–Kier alpha value is -1.62. The molecule has 2 heterocycles. The van der Waals surface area contributed by atoms with Crippen molar-refractivity contribution in [1.82, 2.24) is 10.3 Å². The lowest BCUT2D eigenvalue weighted by Gasteiger charge is -2.29. The van der Waals surface area contributed by atoms with Gasteiger partial charge in [-0.3, -0.25) is 0 Å². The second-order valence-electron chi connectivity index (χ2n) is 4.24. The predicted molar refractivity (Wildman–Crippen MR) is 63.8 cm³/mol. The van der Waals surface area contributed by atoms with Crippen molar-refractivity contribution in [2.45, 2.75) is 6.92 Å². The van der Waals surface area contributed by atoms with Gasteiger partial charge >= 0.3 is 0 Å². The van der Waals surface area contributed by atoms with Crippen LogP contribution in [0.5, 0.6) is 0 Å². The van der Waals surface area contributed by atoms with Crippen molar-refractivity contribution in [3.63, 3.8) is 0 Å². The highest BCUT2D eigenvalue weighted by atomic mass is 19.1. The largest absolute Gasteiger partial charge is 0.441 e. The third-order valence-corrected chi connectivity index (χ3v) is 3.02. The minimum atomic E-state index is -0.229. The highest BCUT2D eigenvalue weighted by molar-refractivity contribution is 5.78. The number of oxazole rings is 1. The standard InChI is InChI=1S/C12H14FN3O/c1-8-15-10-6-9(13)11(7-12(10)17-8)16-4-2-14-3-5-16/h6-7,14H,2-5H2,1H3. The van der Waals surface area contributed by atoms with E-state index in [2.05, 4.69) is 10.3 Å². The molecule has 17 heavy (non-hydrogen) atoms. The number of hydrogen-bond donors (Lipinski definition) is 1. The van der Waals surface area contributed by atoms with Crippen LogP contribution in [-0.4, -0.2) is 31.2 Å². The molecule has 0 aliphatic carbocycles. The molecule has 2 aromatic rings. The summed E-state index contributed by atoms with van der Waals surface area (Å²) in [5.74, 6) is 0.338. The van der Waals surface area contributed by atoms with Crippen LogP contribution in [0.15, 0.2) is 16.5 Å². The fourth-order valence-electron chi connectivity index (χ4n) is 2.20. The van der Waals surface area contributed by atoms with Crippen molar-refractivity contribution in [1.29, 1.82) is 0 Å². The molecule has 1 aliphatic heterocycles. The normalized spacial score (nSPS) is 16.7. The SMILES string of the molecule is Cc1nc2cc(F)c(N3CCNCC3)cc2o1. The van der Waals surface area contributed by atoms with Gasteiger partial charge in [-0.05, 0) is 0 Å². The Morgan fingerprint density at radius 1 is 1.35 bits per heavy atom. The van der Waals surface area contributed by atoms with E-state index in [1.165, 1.54) is 6.07 Å². The number of halogens is 1. The third kappa shape index (κ3) is 1.86. The van der Waals surface area contributed by atoms with Crippen molar-refractivity contribution in [2.75, 3.05) is 31.1 Å². The van der Waals surface area contributed by atoms with Crippen LogP contribution in [-0.2, 0) is 0 Å². The fraction of sp³-hybridized carbons (Fsp3) is 0.417. The zero-order chi connectivity index (χ0) is 11.8. The molecule has 1 aliphatic rings. The first-order valence-corrected chi connectivity index (χ1v) is 5.76. The lowest BCUT2D eigenvalue weighted by Crippen LogP contribution is -2.43. The van der Waals surface area contributed by atoms with E-state index < -0.39 is 0 Å². The second kappa shape index (κ2) is 4.00. The molecule has 0 saturated carbocycles. The van der Waals surface area contributed by atoms with Crippen LogP contribution < -0.4 is 10.2 Å². The summed E-state index contributed by atoms with van der Waals surface area (Å²) in [6, 6.07) is 3.19. The summed E-state index contributed by atoms with van der Waals surface area (Å²) in [5, 5.41) is 3.25. The maximum absolute atomic E-state index is 14.0. The molecule has 0 bridgehead atoms. The van der Waals surface area contributed by atoms with E-state index in [-0.39, 0.29) is 5.82 Å². The lowest BCUT2D eigenvalue weighted by atomic mass is 10.2. The number of benzene rings is 1. The first-order chi connectivity index (χ1) is 8.24. The van der Waals surface area contributed by atoms with Gasteiger partial charge in [0.1, 0.15) is 11.3 Å². The Morgan fingerprint density at radius 2 is 2.12 bits per heavy atom. The fourth-order valence-corrected chi connectivity index (χ4v) is 2.20. The summed E-state index contributed by atoms with van der Waals surface area (Å²) in [6.07, 6.45) is 0. The van der Waals surface area contributed by atoms with E-state index in [1.807, 2.05) is 4.90 Å². The third-order valence-electron chi connectivity index (χ3n) is 3.02. The Bertz CT molecular complexity index is 546. The summed E-state index contributed by atoms with van der Waals surface area (Å²) >= 11 is 0. The number of aromatic nitrogens is 1. The predicted octanol–water partition coefficient (Wildman–Crippen LogP) is 1.68. The molecule has 1 saturated heterocycles. The van der Waals surface area contributed by atoms with Crippen LogP contribution in [0.4, 0.5) is 10.1 Å². The molecule has 1 N–H and O–H groups in total. The molecule has 5 heteroatoms. The van der Waals surface area contributed by atoms with Gasteiger partial charge in [-0.2, -0.15) is 0 Å². The van der Waals surface area contributed by atoms with Gasteiger partial charge in [-0.15, -0.1) is 0 Å². The number of aryl methyl sites for hydroxylation is 1. The van der Waals surface area contributed by atoms with Gasteiger partial charge in [-0.25, -0.2) is 9.37 Å². The monoisotopic (exact) mass is 235 g/mol. The van der Waals surface area contributed by atoms with Crippen LogP contribution in [0.3, 0.4) is 0 Å². The van der Waals surface area contributed by atoms with Gasteiger partial charge in [-0.1, -0.05) is 0 Å². The van der Waals surface area contributed by atoms with Gasteiger partial charge in [0.15, 0.2) is 11.5 Å². The van der Waals surface area contributed by atoms with Gasteiger partial charge in [0.2, 0.25) is 0 Å². The summed E-state index contributed by atoms with van der Waals surface area (Å²) in [7, 11) is 0. The second-order valence-corrected chi connectivity index (χ2v) is 4.24.